The van der Waals surface area contributed by atoms with E-state index in [0.717, 1.165) is 25.0 Å². The molecular weight excluding hydrogens is 376 g/mol. The van der Waals surface area contributed by atoms with E-state index in [1.54, 1.807) is 35.6 Å². The summed E-state index contributed by atoms with van der Waals surface area (Å²) in [6.45, 7) is 0. The Labute approximate surface area is 166 Å². The van der Waals surface area contributed by atoms with Crippen LogP contribution < -0.4 is 16.0 Å². The Balaban J connectivity index is 1.35. The van der Waals surface area contributed by atoms with Crippen molar-refractivity contribution in [3.8, 4) is 0 Å². The van der Waals surface area contributed by atoms with Crippen molar-refractivity contribution in [1.82, 2.24) is 10.3 Å². The third kappa shape index (κ3) is 4.06. The standard InChI is InChI=1S/C20H22N4O3S/c25-17(24-20-23-14-8-2-1-3-9-16(14)28-20)11-10-15-19(27)21-13-7-5-4-6-12(13)18(26)22-15/h4-7,15H,1-3,8-11H2,(H,21,27)(H,22,26)(H,23,24,25)/t15-/m1/s1. The topological polar surface area (TPSA) is 100 Å². The van der Waals surface area contributed by atoms with Crippen LogP contribution in [0.1, 0.15) is 53.0 Å². The Hall–Kier alpha value is -2.74. The summed E-state index contributed by atoms with van der Waals surface area (Å²) in [7, 11) is 0. The second kappa shape index (κ2) is 8.10. The molecule has 7 nitrogen and oxygen atoms in total. The van der Waals surface area contributed by atoms with Crippen LogP contribution in [-0.2, 0) is 22.4 Å². The van der Waals surface area contributed by atoms with E-state index >= 15 is 0 Å². The van der Waals surface area contributed by atoms with Crippen LogP contribution in [0.4, 0.5) is 10.8 Å². The molecule has 2 aliphatic rings. The lowest BCUT2D eigenvalue weighted by Gasteiger charge is -2.13. The predicted octanol–water partition coefficient (Wildman–Crippen LogP) is 2.88. The van der Waals surface area contributed by atoms with Gasteiger partial charge in [-0.2, -0.15) is 0 Å². The quantitative estimate of drug-likeness (QED) is 0.690. The molecule has 1 aromatic carbocycles. The number of amides is 3. The number of nitrogens with zero attached hydrogens (tertiary/aromatic N) is 1. The van der Waals surface area contributed by atoms with Crippen molar-refractivity contribution in [2.45, 2.75) is 51.0 Å². The largest absolute Gasteiger partial charge is 0.340 e. The van der Waals surface area contributed by atoms with Gasteiger partial charge in [-0.1, -0.05) is 18.6 Å². The van der Waals surface area contributed by atoms with E-state index in [2.05, 4.69) is 20.9 Å². The third-order valence-electron chi connectivity index (χ3n) is 5.05. The molecule has 0 saturated carbocycles. The molecule has 0 bridgehead atoms. The average molecular weight is 398 g/mol. The smallest absolute Gasteiger partial charge is 0.254 e. The minimum atomic E-state index is -0.751. The maximum Gasteiger partial charge on any atom is 0.254 e. The lowest BCUT2D eigenvalue weighted by atomic mass is 10.1. The number of rotatable bonds is 4. The first kappa shape index (κ1) is 18.6. The van der Waals surface area contributed by atoms with Crippen molar-refractivity contribution in [3.63, 3.8) is 0 Å². The SMILES string of the molecule is O=C(CC[C@H]1NC(=O)c2ccccc2NC1=O)Nc1nc2c(s1)CCCCC2. The number of hydrogen-bond acceptors (Lipinski definition) is 5. The maximum atomic E-state index is 12.4. The summed E-state index contributed by atoms with van der Waals surface area (Å²) in [6.07, 6.45) is 5.88. The fraction of sp³-hybridized carbons (Fsp3) is 0.400. The number of carbonyl (C=O) groups is 3. The number of benzene rings is 1. The Bertz CT molecular complexity index is 900. The first-order chi connectivity index (χ1) is 13.6. The fourth-order valence-electron chi connectivity index (χ4n) is 3.55. The molecule has 3 amide bonds. The van der Waals surface area contributed by atoms with Crippen LogP contribution in [-0.4, -0.2) is 28.7 Å². The van der Waals surface area contributed by atoms with Gasteiger partial charge in [0.25, 0.3) is 5.91 Å². The Morgan fingerprint density at radius 2 is 2.00 bits per heavy atom. The number of aromatic nitrogens is 1. The van der Waals surface area contributed by atoms with Crippen LogP contribution in [0.3, 0.4) is 0 Å². The van der Waals surface area contributed by atoms with Crippen LogP contribution in [0.15, 0.2) is 24.3 Å². The molecule has 0 spiro atoms. The van der Waals surface area contributed by atoms with Crippen molar-refractivity contribution < 1.29 is 14.4 Å². The van der Waals surface area contributed by atoms with Crippen molar-refractivity contribution in [2.24, 2.45) is 0 Å². The zero-order valence-electron chi connectivity index (χ0n) is 15.4. The van der Waals surface area contributed by atoms with Gasteiger partial charge in [0, 0.05) is 11.3 Å². The van der Waals surface area contributed by atoms with E-state index in [-0.39, 0.29) is 30.6 Å². The number of fused-ring (bicyclic) bond motifs is 2. The monoisotopic (exact) mass is 398 g/mol. The van der Waals surface area contributed by atoms with Crippen molar-refractivity contribution in [3.05, 3.63) is 40.4 Å². The Kier molecular flexibility index (Phi) is 5.38. The molecule has 0 unspecified atom stereocenters. The van der Waals surface area contributed by atoms with Crippen molar-refractivity contribution in [2.75, 3.05) is 10.6 Å². The third-order valence-corrected chi connectivity index (χ3v) is 6.13. The van der Waals surface area contributed by atoms with E-state index in [1.807, 2.05) is 0 Å². The molecular formula is C20H22N4O3S. The van der Waals surface area contributed by atoms with Gasteiger partial charge in [0.1, 0.15) is 6.04 Å². The van der Waals surface area contributed by atoms with Gasteiger partial charge in [-0.05, 0) is 44.2 Å². The molecule has 28 heavy (non-hydrogen) atoms. The highest BCUT2D eigenvalue weighted by Crippen LogP contribution is 2.29. The van der Waals surface area contributed by atoms with Crippen LogP contribution in [0.25, 0.3) is 0 Å². The van der Waals surface area contributed by atoms with Crippen LogP contribution in [0.5, 0.6) is 0 Å². The molecule has 0 radical (unpaired) electrons. The summed E-state index contributed by atoms with van der Waals surface area (Å²) in [6, 6.07) is 6.10. The normalized spacial score (nSPS) is 18.8. The fourth-order valence-corrected chi connectivity index (χ4v) is 4.62. The minimum Gasteiger partial charge on any atom is -0.340 e. The molecule has 1 aliphatic carbocycles. The van der Waals surface area contributed by atoms with E-state index < -0.39 is 6.04 Å². The molecule has 3 N–H and O–H groups in total. The molecule has 8 heteroatoms. The lowest BCUT2D eigenvalue weighted by Crippen LogP contribution is -2.41. The molecule has 0 fully saturated rings. The summed E-state index contributed by atoms with van der Waals surface area (Å²) in [5, 5.41) is 8.92. The summed E-state index contributed by atoms with van der Waals surface area (Å²) in [5.41, 5.74) is 2.01. The van der Waals surface area contributed by atoms with Gasteiger partial charge < -0.3 is 16.0 Å². The molecule has 146 valence electrons. The van der Waals surface area contributed by atoms with Gasteiger partial charge in [-0.25, -0.2) is 4.98 Å². The van der Waals surface area contributed by atoms with Crippen molar-refractivity contribution in [1.29, 1.82) is 0 Å². The number of aryl methyl sites for hydroxylation is 2. The van der Waals surface area contributed by atoms with Gasteiger partial charge in [0.05, 0.1) is 16.9 Å². The summed E-state index contributed by atoms with van der Waals surface area (Å²) in [5.74, 6) is -0.831. The van der Waals surface area contributed by atoms with E-state index in [0.29, 0.717) is 16.4 Å². The maximum absolute atomic E-state index is 12.4. The first-order valence-electron chi connectivity index (χ1n) is 9.59. The van der Waals surface area contributed by atoms with Crippen LogP contribution >= 0.6 is 11.3 Å². The van der Waals surface area contributed by atoms with E-state index in [1.165, 1.54) is 17.7 Å². The first-order valence-corrected chi connectivity index (χ1v) is 10.4. The highest BCUT2D eigenvalue weighted by molar-refractivity contribution is 7.15. The van der Waals surface area contributed by atoms with Gasteiger partial charge in [-0.15, -0.1) is 11.3 Å². The number of thiazole rings is 1. The van der Waals surface area contributed by atoms with Crippen molar-refractivity contribution >= 4 is 39.9 Å². The van der Waals surface area contributed by atoms with Gasteiger partial charge in [-0.3, -0.25) is 14.4 Å². The average Bonchev–Trinajstić information content (AvgIpc) is 2.84. The number of hydrogen-bond donors (Lipinski definition) is 3. The van der Waals surface area contributed by atoms with Crippen LogP contribution in [0.2, 0.25) is 0 Å². The highest BCUT2D eigenvalue weighted by Gasteiger charge is 2.28. The van der Waals surface area contributed by atoms with E-state index in [9.17, 15) is 14.4 Å². The molecule has 4 rings (SSSR count). The number of anilines is 2. The Morgan fingerprint density at radius 3 is 2.89 bits per heavy atom. The molecule has 2 aromatic rings. The number of para-hydroxylation sites is 1. The molecule has 1 aliphatic heterocycles. The zero-order valence-corrected chi connectivity index (χ0v) is 16.2. The summed E-state index contributed by atoms with van der Waals surface area (Å²) >= 11 is 1.54. The molecule has 1 atom stereocenters. The van der Waals surface area contributed by atoms with Gasteiger partial charge in [0.2, 0.25) is 11.8 Å². The zero-order chi connectivity index (χ0) is 19.5. The molecule has 1 aromatic heterocycles. The van der Waals surface area contributed by atoms with Gasteiger partial charge in [0.15, 0.2) is 5.13 Å². The highest BCUT2D eigenvalue weighted by atomic mass is 32.1. The van der Waals surface area contributed by atoms with E-state index in [4.69, 9.17) is 0 Å². The summed E-state index contributed by atoms with van der Waals surface area (Å²) < 4.78 is 0. The predicted molar refractivity (Wildman–Crippen MR) is 108 cm³/mol. The van der Waals surface area contributed by atoms with Crippen LogP contribution in [0, 0.1) is 0 Å². The minimum absolute atomic E-state index is 0.124. The number of carbonyl (C=O) groups excluding carboxylic acids is 3. The molecule has 0 saturated heterocycles. The van der Waals surface area contributed by atoms with Gasteiger partial charge >= 0.3 is 0 Å². The second-order valence-electron chi connectivity index (χ2n) is 7.10. The second-order valence-corrected chi connectivity index (χ2v) is 8.18. The Morgan fingerprint density at radius 1 is 1.18 bits per heavy atom. The summed E-state index contributed by atoms with van der Waals surface area (Å²) in [4.78, 5) is 42.9. The lowest BCUT2D eigenvalue weighted by molar-refractivity contribution is -0.118. The molecule has 2 heterocycles. The number of nitrogens with one attached hydrogen (secondary N) is 3.